The Morgan fingerprint density at radius 1 is 1.37 bits per heavy atom. The minimum Gasteiger partial charge on any atom is -0.383 e. The van der Waals surface area contributed by atoms with Crippen LogP contribution in [0.1, 0.15) is 59.6 Å². The van der Waals surface area contributed by atoms with E-state index in [1.165, 1.54) is 22.6 Å². The van der Waals surface area contributed by atoms with Crippen molar-refractivity contribution in [1.82, 2.24) is 10.2 Å². The molecule has 1 saturated heterocycles. The third-order valence-electron chi connectivity index (χ3n) is 6.35. The smallest absolute Gasteiger partial charge is 0.261 e. The molecule has 27 heavy (non-hydrogen) atoms. The van der Waals surface area contributed by atoms with Crippen molar-refractivity contribution in [3.8, 4) is 0 Å². The van der Waals surface area contributed by atoms with Gasteiger partial charge in [0, 0.05) is 30.4 Å². The lowest BCUT2D eigenvalue weighted by Gasteiger charge is -2.42. The third kappa shape index (κ3) is 4.21. The molecule has 2 aliphatic rings. The van der Waals surface area contributed by atoms with Crippen LogP contribution in [0.5, 0.6) is 0 Å². The van der Waals surface area contributed by atoms with E-state index in [2.05, 4.69) is 5.32 Å². The molecule has 1 aromatic rings. The van der Waals surface area contributed by atoms with Crippen LogP contribution in [0.4, 0.5) is 0 Å². The largest absolute Gasteiger partial charge is 0.383 e. The van der Waals surface area contributed by atoms with E-state index in [1.807, 2.05) is 38.7 Å². The molecule has 2 heterocycles. The van der Waals surface area contributed by atoms with Crippen molar-refractivity contribution in [2.75, 3.05) is 19.6 Å². The summed E-state index contributed by atoms with van der Waals surface area (Å²) in [5.74, 6) is 0.396. The minimum absolute atomic E-state index is 0.0182. The molecule has 0 radical (unpaired) electrons. The Balaban J connectivity index is 1.61. The number of nitrogens with zero attached hydrogens (tertiary/aromatic N) is 1. The summed E-state index contributed by atoms with van der Waals surface area (Å²) in [6.45, 7) is 10.0. The van der Waals surface area contributed by atoms with Crippen molar-refractivity contribution in [3.05, 3.63) is 21.4 Å². The number of carbonyl (C=O) groups is 2. The average Bonchev–Trinajstić information content (AvgIpc) is 3.12. The van der Waals surface area contributed by atoms with Crippen molar-refractivity contribution < 1.29 is 14.7 Å². The van der Waals surface area contributed by atoms with E-state index in [0.29, 0.717) is 19.5 Å². The number of aliphatic hydroxyl groups excluding tert-OH is 1. The minimum atomic E-state index is -0.910. The van der Waals surface area contributed by atoms with Gasteiger partial charge in [-0.2, -0.15) is 0 Å². The zero-order chi connectivity index (χ0) is 19.8. The molecular weight excluding hydrogens is 360 g/mol. The second-order valence-electron chi connectivity index (χ2n) is 8.84. The van der Waals surface area contributed by atoms with Crippen LogP contribution >= 0.6 is 11.3 Å². The summed E-state index contributed by atoms with van der Waals surface area (Å²) in [6.07, 6.45) is 2.99. The van der Waals surface area contributed by atoms with Crippen LogP contribution in [0.25, 0.3) is 0 Å². The Labute approximate surface area is 166 Å². The van der Waals surface area contributed by atoms with E-state index in [4.69, 9.17) is 0 Å². The Hall–Kier alpha value is -1.40. The monoisotopic (exact) mass is 392 g/mol. The van der Waals surface area contributed by atoms with Gasteiger partial charge in [-0.15, -0.1) is 11.3 Å². The van der Waals surface area contributed by atoms with Crippen LogP contribution in [0.15, 0.2) is 6.07 Å². The molecule has 2 N–H and O–H groups in total. The van der Waals surface area contributed by atoms with Crippen LogP contribution in [0.2, 0.25) is 0 Å². The first-order valence-electron chi connectivity index (χ1n) is 10.0. The zero-order valence-electron chi connectivity index (χ0n) is 16.9. The Morgan fingerprint density at radius 3 is 2.59 bits per heavy atom. The van der Waals surface area contributed by atoms with E-state index in [9.17, 15) is 14.7 Å². The molecule has 1 spiro atoms. The van der Waals surface area contributed by atoms with Gasteiger partial charge in [0.2, 0.25) is 0 Å². The third-order valence-corrected chi connectivity index (χ3v) is 7.50. The van der Waals surface area contributed by atoms with Gasteiger partial charge in [0.25, 0.3) is 11.8 Å². The zero-order valence-corrected chi connectivity index (χ0v) is 17.7. The van der Waals surface area contributed by atoms with Crippen molar-refractivity contribution in [2.24, 2.45) is 17.3 Å². The lowest BCUT2D eigenvalue weighted by Crippen LogP contribution is -2.43. The highest BCUT2D eigenvalue weighted by molar-refractivity contribution is 7.14. The number of thiophene rings is 1. The molecule has 1 aliphatic heterocycles. The predicted octanol–water partition coefficient (Wildman–Crippen LogP) is 3.13. The number of rotatable bonds is 6. The lowest BCUT2D eigenvalue weighted by atomic mass is 9.63. The fourth-order valence-electron chi connectivity index (χ4n) is 4.43. The fourth-order valence-corrected chi connectivity index (χ4v) is 5.38. The molecule has 1 aromatic heterocycles. The fraction of sp³-hybridized carbons (Fsp3) is 0.714. The predicted molar refractivity (Wildman–Crippen MR) is 108 cm³/mol. The summed E-state index contributed by atoms with van der Waals surface area (Å²) in [7, 11) is 0. The Kier molecular flexibility index (Phi) is 5.96. The van der Waals surface area contributed by atoms with Gasteiger partial charge in [0.05, 0.1) is 4.88 Å². The van der Waals surface area contributed by atoms with Crippen LogP contribution < -0.4 is 5.32 Å². The molecule has 1 saturated carbocycles. The van der Waals surface area contributed by atoms with E-state index in [-0.39, 0.29) is 29.1 Å². The molecule has 2 amide bonds. The van der Waals surface area contributed by atoms with Gasteiger partial charge in [0.15, 0.2) is 0 Å². The van der Waals surface area contributed by atoms with E-state index in [0.717, 1.165) is 29.8 Å². The average molecular weight is 393 g/mol. The summed E-state index contributed by atoms with van der Waals surface area (Å²) in [6, 6.07) is 1.95. The van der Waals surface area contributed by atoms with Crippen molar-refractivity contribution in [1.29, 1.82) is 0 Å². The lowest BCUT2D eigenvalue weighted by molar-refractivity contribution is -0.140. The summed E-state index contributed by atoms with van der Waals surface area (Å²) < 4.78 is 0. The van der Waals surface area contributed by atoms with Crippen LogP contribution in [-0.2, 0) is 4.79 Å². The van der Waals surface area contributed by atoms with Crippen molar-refractivity contribution in [3.63, 3.8) is 0 Å². The molecule has 5 nitrogen and oxygen atoms in total. The summed E-state index contributed by atoms with van der Waals surface area (Å²) in [5.41, 5.74) is 1.28. The van der Waals surface area contributed by atoms with E-state index < -0.39 is 6.10 Å². The number of amides is 2. The number of aliphatic hydroxyl groups is 1. The van der Waals surface area contributed by atoms with Gasteiger partial charge in [-0.25, -0.2) is 0 Å². The van der Waals surface area contributed by atoms with Gasteiger partial charge >= 0.3 is 0 Å². The number of hydrogen-bond acceptors (Lipinski definition) is 4. The van der Waals surface area contributed by atoms with Gasteiger partial charge in [-0.3, -0.25) is 9.59 Å². The number of carbonyl (C=O) groups excluding carboxylic acids is 2. The van der Waals surface area contributed by atoms with Crippen molar-refractivity contribution in [2.45, 2.75) is 59.5 Å². The standard InChI is InChI=1S/C21H32N2O3S/c1-13(2)8-17(24)20(26)23-11-16(21(12-23)6-5-7-21)10-22-19(25)18-9-14(3)15(4)27-18/h9,13,16-17,24H,5-8,10-12H2,1-4H3,(H,22,25)/t16?,17-/m0/s1. The topological polar surface area (TPSA) is 69.6 Å². The van der Waals surface area contributed by atoms with Crippen LogP contribution in [0, 0.1) is 31.1 Å². The molecule has 1 unspecified atom stereocenters. The highest BCUT2D eigenvalue weighted by Gasteiger charge is 2.51. The first-order valence-corrected chi connectivity index (χ1v) is 10.9. The summed E-state index contributed by atoms with van der Waals surface area (Å²) in [5, 5.41) is 13.3. The number of nitrogens with one attached hydrogen (secondary N) is 1. The number of aryl methyl sites for hydroxylation is 2. The molecule has 6 heteroatoms. The van der Waals surface area contributed by atoms with E-state index in [1.54, 1.807) is 0 Å². The van der Waals surface area contributed by atoms with Crippen LogP contribution in [0.3, 0.4) is 0 Å². The molecular formula is C21H32N2O3S. The summed E-state index contributed by atoms with van der Waals surface area (Å²) >= 11 is 1.53. The Bertz CT molecular complexity index is 689. The van der Waals surface area contributed by atoms with Gasteiger partial charge in [-0.05, 0) is 56.1 Å². The first kappa shape index (κ1) is 20.3. The molecule has 2 atom stereocenters. The molecule has 0 aromatic carbocycles. The van der Waals surface area contributed by atoms with Crippen molar-refractivity contribution >= 4 is 23.2 Å². The van der Waals surface area contributed by atoms with Gasteiger partial charge in [-0.1, -0.05) is 20.3 Å². The van der Waals surface area contributed by atoms with Gasteiger partial charge in [0.1, 0.15) is 6.10 Å². The second kappa shape index (κ2) is 7.92. The van der Waals surface area contributed by atoms with Gasteiger partial charge < -0.3 is 15.3 Å². The van der Waals surface area contributed by atoms with E-state index >= 15 is 0 Å². The molecule has 150 valence electrons. The quantitative estimate of drug-likeness (QED) is 0.781. The molecule has 1 aliphatic carbocycles. The van der Waals surface area contributed by atoms with Crippen LogP contribution in [-0.4, -0.2) is 47.6 Å². The molecule has 3 rings (SSSR count). The SMILES string of the molecule is Cc1cc(C(=O)NCC2CN(C(=O)[C@@H](O)CC(C)C)CC23CCC3)sc1C. The first-order chi connectivity index (χ1) is 12.7. The highest BCUT2D eigenvalue weighted by Crippen LogP contribution is 2.51. The molecule has 2 fully saturated rings. The second-order valence-corrected chi connectivity index (χ2v) is 10.1. The highest BCUT2D eigenvalue weighted by atomic mass is 32.1. The summed E-state index contributed by atoms with van der Waals surface area (Å²) in [4.78, 5) is 28.9. The number of hydrogen-bond donors (Lipinski definition) is 2. The maximum Gasteiger partial charge on any atom is 0.261 e. The maximum absolute atomic E-state index is 12.6. The Morgan fingerprint density at radius 2 is 2.07 bits per heavy atom. The normalized spacial score (nSPS) is 22.1. The molecule has 0 bridgehead atoms. The number of likely N-dealkylation sites (tertiary alicyclic amines) is 1. The maximum atomic E-state index is 12.6.